The van der Waals surface area contributed by atoms with Gasteiger partial charge in [-0.1, -0.05) is 66.2 Å². The Morgan fingerprint density at radius 3 is 1.05 bits per heavy atom. The number of hydrogen-bond donors (Lipinski definition) is 2. The van der Waals surface area contributed by atoms with Gasteiger partial charge in [0.05, 0.1) is 0 Å². The minimum absolute atomic E-state index is 0. The van der Waals surface area contributed by atoms with Gasteiger partial charge in [-0.3, -0.25) is 0 Å². The predicted molar refractivity (Wildman–Crippen MR) is 91.7 cm³/mol. The van der Waals surface area contributed by atoms with E-state index in [0.29, 0.717) is 6.61 Å². The van der Waals surface area contributed by atoms with Gasteiger partial charge in [-0.2, -0.15) is 0 Å². The maximum atomic E-state index is 10.5. The molecule has 0 saturated heterocycles. The zero-order chi connectivity index (χ0) is 14.3. The normalized spacial score (nSPS) is 9.43. The molecule has 0 fully saturated rings. The molecular formula is C15H40O4SiTi. The molecule has 0 aromatic carbocycles. The molecule has 0 bridgehead atoms. The van der Waals surface area contributed by atoms with Crippen LogP contribution in [-0.4, -0.2) is 35.8 Å². The summed E-state index contributed by atoms with van der Waals surface area (Å²) in [6.45, 7) is 8.90. The van der Waals surface area contributed by atoms with Crippen LogP contribution in [0.1, 0.15) is 72.6 Å². The van der Waals surface area contributed by atoms with Gasteiger partial charge in [-0.25, -0.2) is 0 Å². The number of hydrogen-bond acceptors (Lipinski definition) is 2. The Labute approximate surface area is 148 Å². The van der Waals surface area contributed by atoms with Crippen LogP contribution in [0, 0.1) is 0 Å². The molecule has 0 aromatic rings. The van der Waals surface area contributed by atoms with E-state index in [4.69, 9.17) is 5.11 Å². The fourth-order valence-corrected chi connectivity index (χ4v) is 5.68. The molecule has 0 unspecified atom stereocenters. The first kappa shape index (κ1) is 33.4. The molecule has 0 aliphatic heterocycles. The van der Waals surface area contributed by atoms with Gasteiger partial charge in [-0.15, -0.1) is 0 Å². The molecule has 6 N–H and O–H groups in total. The summed E-state index contributed by atoms with van der Waals surface area (Å²) < 4.78 is 0. The average Bonchev–Trinajstić information content (AvgIpc) is 2.41. The maximum Gasteiger partial charge on any atom is 0.188 e. The van der Waals surface area contributed by atoms with Gasteiger partial charge in [0.15, 0.2) is 8.32 Å². The Balaban J connectivity index is -0.000000108. The van der Waals surface area contributed by atoms with Crippen LogP contribution in [0.3, 0.4) is 0 Å². The molecule has 0 aromatic heterocycles. The van der Waals surface area contributed by atoms with Crippen molar-refractivity contribution in [1.82, 2.24) is 0 Å². The fourth-order valence-electron chi connectivity index (χ4n) is 1.89. The summed E-state index contributed by atoms with van der Waals surface area (Å²) >= 11 is 0. The van der Waals surface area contributed by atoms with Crippen LogP contribution in [0.25, 0.3) is 0 Å². The van der Waals surface area contributed by atoms with Gasteiger partial charge in [0.25, 0.3) is 0 Å². The fraction of sp³-hybridized carbons (Fsp3) is 1.00. The molecule has 0 atom stereocenters. The van der Waals surface area contributed by atoms with Gasteiger partial charge < -0.3 is 20.9 Å². The molecule has 4 nitrogen and oxygen atoms in total. The van der Waals surface area contributed by atoms with E-state index in [1.807, 2.05) is 6.92 Å². The minimum Gasteiger partial charge on any atom is -0.432 e. The summed E-state index contributed by atoms with van der Waals surface area (Å²) in [5.74, 6) is 0. The molecule has 0 aliphatic rings. The van der Waals surface area contributed by atoms with Crippen LogP contribution in [0.5, 0.6) is 0 Å². The van der Waals surface area contributed by atoms with Crippen LogP contribution < -0.4 is 0 Å². The molecule has 0 rings (SSSR count). The Morgan fingerprint density at radius 1 is 0.667 bits per heavy atom. The molecule has 0 heterocycles. The third-order valence-electron chi connectivity index (χ3n) is 3.21. The second-order valence-corrected chi connectivity index (χ2v) is 9.21. The number of aliphatic hydroxyl groups excluding tert-OH is 1. The van der Waals surface area contributed by atoms with Crippen molar-refractivity contribution >= 4 is 8.32 Å². The van der Waals surface area contributed by atoms with Gasteiger partial charge in [0, 0.05) is 28.3 Å². The first-order valence-electron chi connectivity index (χ1n) is 7.93. The van der Waals surface area contributed by atoms with E-state index in [0.717, 1.165) is 24.6 Å². The van der Waals surface area contributed by atoms with Gasteiger partial charge >= 0.3 is 0 Å². The Morgan fingerprint density at radius 2 is 0.905 bits per heavy atom. The number of unbranched alkanes of at least 4 members (excludes halogenated alkanes) is 3. The van der Waals surface area contributed by atoms with Crippen molar-refractivity contribution in [2.75, 3.05) is 6.61 Å². The molecule has 0 saturated carbocycles. The SMILES string of the molecule is CCCC[Si](O)(CCCC)CCCC.CCCO.O.O.[Ti]. The first-order valence-corrected chi connectivity index (χ1v) is 10.5. The van der Waals surface area contributed by atoms with Crippen LogP contribution >= 0.6 is 0 Å². The first-order chi connectivity index (χ1) is 8.60. The van der Waals surface area contributed by atoms with Crippen molar-refractivity contribution in [3.05, 3.63) is 0 Å². The summed E-state index contributed by atoms with van der Waals surface area (Å²) in [6, 6.07) is 3.43. The zero-order valence-electron chi connectivity index (χ0n) is 14.7. The van der Waals surface area contributed by atoms with E-state index in [1.165, 1.54) is 38.5 Å². The van der Waals surface area contributed by atoms with E-state index in [1.54, 1.807) is 0 Å². The van der Waals surface area contributed by atoms with Crippen LogP contribution in [0.15, 0.2) is 0 Å². The second-order valence-electron chi connectivity index (χ2n) is 5.26. The molecule has 6 heteroatoms. The smallest absolute Gasteiger partial charge is 0.188 e. The third-order valence-corrected chi connectivity index (χ3v) is 7.06. The Bertz CT molecular complexity index is 139. The van der Waals surface area contributed by atoms with Crippen LogP contribution in [0.4, 0.5) is 0 Å². The van der Waals surface area contributed by atoms with Crippen molar-refractivity contribution in [3.8, 4) is 0 Å². The quantitative estimate of drug-likeness (QED) is 0.585. The van der Waals surface area contributed by atoms with Crippen LogP contribution in [-0.2, 0) is 21.7 Å². The van der Waals surface area contributed by atoms with Gasteiger partial charge in [-0.05, 0) is 24.6 Å². The van der Waals surface area contributed by atoms with E-state index >= 15 is 0 Å². The van der Waals surface area contributed by atoms with E-state index in [9.17, 15) is 4.80 Å². The second kappa shape index (κ2) is 25.7. The summed E-state index contributed by atoms with van der Waals surface area (Å²) in [7, 11) is -1.81. The van der Waals surface area contributed by atoms with Crippen molar-refractivity contribution in [2.24, 2.45) is 0 Å². The third kappa shape index (κ3) is 26.0. The monoisotopic (exact) mass is 360 g/mol. The maximum absolute atomic E-state index is 10.5. The van der Waals surface area contributed by atoms with Gasteiger partial charge in [0.1, 0.15) is 0 Å². The largest absolute Gasteiger partial charge is 0.432 e. The van der Waals surface area contributed by atoms with Crippen molar-refractivity contribution in [1.29, 1.82) is 0 Å². The molecule has 0 spiro atoms. The molecule has 21 heavy (non-hydrogen) atoms. The summed E-state index contributed by atoms with van der Waals surface area (Å²) in [6.07, 6.45) is 8.26. The van der Waals surface area contributed by atoms with E-state index in [2.05, 4.69) is 20.8 Å². The minimum atomic E-state index is -1.81. The molecule has 0 aliphatic carbocycles. The topological polar surface area (TPSA) is 103 Å². The molecule has 0 amide bonds. The van der Waals surface area contributed by atoms with Gasteiger partial charge in [0.2, 0.25) is 0 Å². The summed E-state index contributed by atoms with van der Waals surface area (Å²) in [5.41, 5.74) is 0. The Kier molecular flexibility index (Phi) is 40.9. The molecule has 0 radical (unpaired) electrons. The summed E-state index contributed by atoms with van der Waals surface area (Å²) in [5, 5.41) is 7.88. The number of rotatable bonds is 10. The van der Waals surface area contributed by atoms with E-state index < -0.39 is 8.32 Å². The standard InChI is InChI=1S/C12H28OSi.C3H8O.2H2O.Ti/c1-4-7-10-14(13,11-8-5-2)12-9-6-3;1-2-3-4;;;/h13H,4-12H2,1-3H3;4H,2-3H2,1H3;2*1H2;. The molecule has 132 valence electrons. The van der Waals surface area contributed by atoms with Crippen LogP contribution in [0.2, 0.25) is 18.1 Å². The zero-order valence-corrected chi connectivity index (χ0v) is 17.2. The summed E-state index contributed by atoms with van der Waals surface area (Å²) in [4.78, 5) is 10.5. The van der Waals surface area contributed by atoms with Crippen molar-refractivity contribution in [3.63, 3.8) is 0 Å². The predicted octanol–water partition coefficient (Wildman–Crippen LogP) is 3.06. The van der Waals surface area contributed by atoms with E-state index in [-0.39, 0.29) is 32.7 Å². The molecular weight excluding hydrogens is 320 g/mol. The Hall–Kier alpha value is 0.771. The average molecular weight is 360 g/mol. The number of aliphatic hydroxyl groups is 1. The van der Waals surface area contributed by atoms with Crippen molar-refractivity contribution in [2.45, 2.75) is 90.8 Å². The van der Waals surface area contributed by atoms with Crippen molar-refractivity contribution < 1.29 is 42.6 Å².